The summed E-state index contributed by atoms with van der Waals surface area (Å²) in [5, 5.41) is 10.7. The molecular formula is C15H21N3O4S. The van der Waals surface area contributed by atoms with E-state index in [1.807, 2.05) is 0 Å². The van der Waals surface area contributed by atoms with Gasteiger partial charge in [-0.15, -0.1) is 0 Å². The van der Waals surface area contributed by atoms with E-state index in [1.165, 1.54) is 12.5 Å². The lowest BCUT2D eigenvalue weighted by atomic mass is 10.1. The second-order valence-electron chi connectivity index (χ2n) is 5.95. The van der Waals surface area contributed by atoms with Gasteiger partial charge in [0.05, 0.1) is 15.9 Å². The number of amides is 1. The average Bonchev–Trinajstić information content (AvgIpc) is 3.24. The SMILES string of the molecule is O=C(c1ccc([N+](=O)[O-])s1)N1CCN(CC[C@@H]2CCCO2)CC1. The number of hydrogen-bond donors (Lipinski definition) is 0. The molecule has 8 heteroatoms. The number of carbonyl (C=O) groups is 1. The summed E-state index contributed by atoms with van der Waals surface area (Å²) in [5.74, 6) is -0.0955. The van der Waals surface area contributed by atoms with E-state index in [4.69, 9.17) is 4.74 Å². The number of piperazine rings is 1. The van der Waals surface area contributed by atoms with E-state index in [-0.39, 0.29) is 10.9 Å². The zero-order valence-corrected chi connectivity index (χ0v) is 13.8. The number of carbonyl (C=O) groups excluding carboxylic acids is 1. The number of hydrogen-bond acceptors (Lipinski definition) is 6. The summed E-state index contributed by atoms with van der Waals surface area (Å²) >= 11 is 0.950. The molecule has 0 aromatic carbocycles. The van der Waals surface area contributed by atoms with Gasteiger partial charge in [-0.1, -0.05) is 11.3 Å². The fourth-order valence-electron chi connectivity index (χ4n) is 3.07. The van der Waals surface area contributed by atoms with Crippen molar-refractivity contribution in [3.8, 4) is 0 Å². The Bertz CT molecular complexity index is 563. The largest absolute Gasteiger partial charge is 0.378 e. The predicted molar refractivity (Wildman–Crippen MR) is 86.9 cm³/mol. The zero-order chi connectivity index (χ0) is 16.2. The van der Waals surface area contributed by atoms with Crippen LogP contribution in [0.25, 0.3) is 0 Å². The molecule has 3 rings (SSSR count). The molecule has 0 N–H and O–H groups in total. The molecule has 2 saturated heterocycles. The van der Waals surface area contributed by atoms with Crippen molar-refractivity contribution in [3.05, 3.63) is 27.1 Å². The van der Waals surface area contributed by atoms with E-state index in [2.05, 4.69) is 4.90 Å². The maximum atomic E-state index is 12.4. The number of nitrogens with zero attached hydrogens (tertiary/aromatic N) is 3. The lowest BCUT2D eigenvalue weighted by Gasteiger charge is -2.34. The first kappa shape index (κ1) is 16.4. The van der Waals surface area contributed by atoms with Gasteiger partial charge in [-0.25, -0.2) is 0 Å². The van der Waals surface area contributed by atoms with Gasteiger partial charge < -0.3 is 9.64 Å². The van der Waals surface area contributed by atoms with Crippen molar-refractivity contribution in [2.45, 2.75) is 25.4 Å². The summed E-state index contributed by atoms with van der Waals surface area (Å²) < 4.78 is 5.64. The molecule has 0 unspecified atom stereocenters. The van der Waals surface area contributed by atoms with Crippen LogP contribution in [0.2, 0.25) is 0 Å². The first-order chi connectivity index (χ1) is 11.1. The molecule has 0 saturated carbocycles. The topological polar surface area (TPSA) is 75.9 Å². The molecule has 1 aromatic rings. The third-order valence-electron chi connectivity index (χ3n) is 4.43. The third kappa shape index (κ3) is 4.07. The zero-order valence-electron chi connectivity index (χ0n) is 13.0. The molecule has 2 fully saturated rings. The fourth-order valence-corrected chi connectivity index (χ4v) is 3.86. The highest BCUT2D eigenvalue weighted by molar-refractivity contribution is 7.17. The number of nitro groups is 1. The summed E-state index contributed by atoms with van der Waals surface area (Å²) in [6, 6.07) is 2.95. The second-order valence-corrected chi connectivity index (χ2v) is 7.01. The Balaban J connectivity index is 1.45. The molecule has 1 atom stereocenters. The first-order valence-corrected chi connectivity index (χ1v) is 8.82. The maximum absolute atomic E-state index is 12.4. The Labute approximate surface area is 139 Å². The molecule has 2 aliphatic rings. The fraction of sp³-hybridized carbons (Fsp3) is 0.667. The molecule has 3 heterocycles. The summed E-state index contributed by atoms with van der Waals surface area (Å²) in [6.07, 6.45) is 3.79. The highest BCUT2D eigenvalue weighted by Gasteiger charge is 2.25. The van der Waals surface area contributed by atoms with Crippen molar-refractivity contribution in [2.24, 2.45) is 0 Å². The van der Waals surface area contributed by atoms with Gasteiger partial charge in [-0.05, 0) is 25.3 Å². The molecular weight excluding hydrogens is 318 g/mol. The molecule has 2 aliphatic heterocycles. The minimum Gasteiger partial charge on any atom is -0.378 e. The quantitative estimate of drug-likeness (QED) is 0.606. The molecule has 0 aliphatic carbocycles. The van der Waals surface area contributed by atoms with E-state index < -0.39 is 4.92 Å². The van der Waals surface area contributed by atoms with E-state index >= 15 is 0 Å². The lowest BCUT2D eigenvalue weighted by Crippen LogP contribution is -2.49. The molecule has 0 radical (unpaired) electrons. The Morgan fingerprint density at radius 3 is 2.74 bits per heavy atom. The number of rotatable bonds is 5. The van der Waals surface area contributed by atoms with Crippen molar-refractivity contribution >= 4 is 22.2 Å². The molecule has 7 nitrogen and oxygen atoms in total. The van der Waals surface area contributed by atoms with Gasteiger partial charge in [0.15, 0.2) is 0 Å². The molecule has 126 valence electrons. The third-order valence-corrected chi connectivity index (χ3v) is 5.46. The van der Waals surface area contributed by atoms with Crippen LogP contribution in [-0.4, -0.2) is 66.1 Å². The van der Waals surface area contributed by atoms with E-state index in [9.17, 15) is 14.9 Å². The molecule has 1 aromatic heterocycles. The van der Waals surface area contributed by atoms with Gasteiger partial charge >= 0.3 is 5.00 Å². The lowest BCUT2D eigenvalue weighted by molar-refractivity contribution is -0.380. The van der Waals surface area contributed by atoms with Crippen molar-refractivity contribution in [1.29, 1.82) is 0 Å². The minimum absolute atomic E-state index is 0.0172. The molecule has 0 bridgehead atoms. The van der Waals surface area contributed by atoms with Crippen molar-refractivity contribution in [3.63, 3.8) is 0 Å². The van der Waals surface area contributed by atoms with Crippen molar-refractivity contribution < 1.29 is 14.5 Å². The van der Waals surface area contributed by atoms with Gasteiger partial charge in [-0.3, -0.25) is 19.8 Å². The maximum Gasteiger partial charge on any atom is 0.324 e. The van der Waals surface area contributed by atoms with Crippen LogP contribution in [0.3, 0.4) is 0 Å². The Morgan fingerprint density at radius 2 is 2.13 bits per heavy atom. The highest BCUT2D eigenvalue weighted by atomic mass is 32.1. The molecule has 0 spiro atoms. The summed E-state index contributed by atoms with van der Waals surface area (Å²) in [7, 11) is 0. The van der Waals surface area contributed by atoms with Gasteiger partial charge in [0.2, 0.25) is 0 Å². The van der Waals surface area contributed by atoms with Gasteiger partial charge in [-0.2, -0.15) is 0 Å². The van der Waals surface area contributed by atoms with Crippen molar-refractivity contribution in [2.75, 3.05) is 39.3 Å². The van der Waals surface area contributed by atoms with Crippen LogP contribution < -0.4 is 0 Å². The monoisotopic (exact) mass is 339 g/mol. The summed E-state index contributed by atoms with van der Waals surface area (Å²) in [4.78, 5) is 27.2. The van der Waals surface area contributed by atoms with E-state index in [0.717, 1.165) is 50.4 Å². The Hall–Kier alpha value is -1.51. The normalized spacial score (nSPS) is 22.4. The van der Waals surface area contributed by atoms with E-state index in [1.54, 1.807) is 11.0 Å². The molecule has 1 amide bonds. The summed E-state index contributed by atoms with van der Waals surface area (Å²) in [5.41, 5.74) is 0. The van der Waals surface area contributed by atoms with Crippen LogP contribution in [0.15, 0.2) is 12.1 Å². The average molecular weight is 339 g/mol. The van der Waals surface area contributed by atoms with Gasteiger partial charge in [0.25, 0.3) is 5.91 Å². The van der Waals surface area contributed by atoms with Crippen molar-refractivity contribution in [1.82, 2.24) is 9.80 Å². The number of ether oxygens (including phenoxy) is 1. The Kier molecular flexibility index (Phi) is 5.24. The smallest absolute Gasteiger partial charge is 0.324 e. The Morgan fingerprint density at radius 1 is 1.35 bits per heavy atom. The van der Waals surface area contributed by atoms with E-state index in [0.29, 0.717) is 24.1 Å². The van der Waals surface area contributed by atoms with Gasteiger partial charge in [0, 0.05) is 45.4 Å². The van der Waals surface area contributed by atoms with Crippen LogP contribution in [0, 0.1) is 10.1 Å². The van der Waals surface area contributed by atoms with Gasteiger partial charge in [0.1, 0.15) is 0 Å². The van der Waals surface area contributed by atoms with Crippen LogP contribution in [-0.2, 0) is 4.74 Å². The van der Waals surface area contributed by atoms with Crippen LogP contribution in [0.5, 0.6) is 0 Å². The number of thiophene rings is 1. The second kappa shape index (κ2) is 7.37. The predicted octanol–water partition coefficient (Wildman–Crippen LogP) is 1.98. The molecule has 23 heavy (non-hydrogen) atoms. The van der Waals surface area contributed by atoms with Crippen LogP contribution in [0.4, 0.5) is 5.00 Å². The van der Waals surface area contributed by atoms with Crippen LogP contribution in [0.1, 0.15) is 28.9 Å². The standard InChI is InChI=1S/C15H21N3O4S/c19-15(13-3-4-14(23-13)18(20)21)17-9-7-16(8-10-17)6-5-12-2-1-11-22-12/h3-4,12H,1-2,5-11H2/t12-/m0/s1. The first-order valence-electron chi connectivity index (χ1n) is 8.01. The minimum atomic E-state index is -0.454. The van der Waals surface area contributed by atoms with Crippen LogP contribution >= 0.6 is 11.3 Å². The highest BCUT2D eigenvalue weighted by Crippen LogP contribution is 2.25. The summed E-state index contributed by atoms with van der Waals surface area (Å²) in [6.45, 7) is 4.96.